The Morgan fingerprint density at radius 3 is 2.33 bits per heavy atom. The lowest BCUT2D eigenvalue weighted by molar-refractivity contribution is -0.137. The number of hydrogen-bond donors (Lipinski definition) is 2. The Labute approximate surface area is 204 Å². The van der Waals surface area contributed by atoms with Crippen molar-refractivity contribution in [2.24, 2.45) is 17.5 Å². The lowest BCUT2D eigenvalue weighted by Crippen LogP contribution is -2.59. The highest BCUT2D eigenvalue weighted by molar-refractivity contribution is 7.07. The van der Waals surface area contributed by atoms with E-state index in [0.717, 1.165) is 24.4 Å². The van der Waals surface area contributed by atoms with Crippen molar-refractivity contribution in [2.75, 3.05) is 38.5 Å². The number of piperazine rings is 1. The maximum absolute atomic E-state index is 13.4. The van der Waals surface area contributed by atoms with Gasteiger partial charge in [-0.05, 0) is 29.7 Å². The number of nitrogens with zero attached hydrogens (tertiary/aromatic N) is 4. The van der Waals surface area contributed by atoms with Gasteiger partial charge in [-0.2, -0.15) is 0 Å². The summed E-state index contributed by atoms with van der Waals surface area (Å²) in [6.45, 7) is 9.54. The van der Waals surface area contributed by atoms with Crippen LogP contribution < -0.4 is 15.4 Å². The Bertz CT molecular complexity index is 1030. The molecule has 1 fully saturated rings. The van der Waals surface area contributed by atoms with Crippen molar-refractivity contribution in [1.82, 2.24) is 19.7 Å². The zero-order chi connectivity index (χ0) is 24.2. The first kappa shape index (κ1) is 25.3. The van der Waals surface area contributed by atoms with Gasteiger partial charge in [-0.25, -0.2) is 4.79 Å². The first-order valence-electron chi connectivity index (χ1n) is 11.0. The van der Waals surface area contributed by atoms with Gasteiger partial charge in [-0.3, -0.25) is 14.7 Å². The van der Waals surface area contributed by atoms with Crippen LogP contribution >= 0.6 is 22.9 Å². The van der Waals surface area contributed by atoms with Gasteiger partial charge in [-0.1, -0.05) is 32.4 Å². The van der Waals surface area contributed by atoms with E-state index in [0.29, 0.717) is 23.8 Å². The fourth-order valence-corrected chi connectivity index (χ4v) is 4.75. The number of hydrogen-bond acceptors (Lipinski definition) is 5. The second-order valence-corrected chi connectivity index (χ2v) is 10.6. The third kappa shape index (κ3) is 6.59. The van der Waals surface area contributed by atoms with Crippen LogP contribution in [0.4, 0.5) is 10.5 Å². The highest BCUT2D eigenvalue weighted by Crippen LogP contribution is 2.23. The van der Waals surface area contributed by atoms with Gasteiger partial charge in [0.2, 0.25) is 5.91 Å². The molecule has 1 atom stereocenters. The van der Waals surface area contributed by atoms with E-state index in [1.54, 1.807) is 42.6 Å². The van der Waals surface area contributed by atoms with Gasteiger partial charge in [0.05, 0.1) is 0 Å². The van der Waals surface area contributed by atoms with Crippen molar-refractivity contribution in [1.29, 1.82) is 0 Å². The summed E-state index contributed by atoms with van der Waals surface area (Å²) in [5.74, 6) is -0.0541. The van der Waals surface area contributed by atoms with Crippen molar-refractivity contribution >= 4 is 40.6 Å². The third-order valence-electron chi connectivity index (χ3n) is 5.77. The number of benzene rings is 1. The van der Waals surface area contributed by atoms with Crippen LogP contribution in [0.25, 0.3) is 0 Å². The maximum Gasteiger partial charge on any atom is 0.319 e. The molecular weight excluding hydrogens is 460 g/mol. The molecule has 10 heteroatoms. The molecule has 1 aliphatic rings. The van der Waals surface area contributed by atoms with Crippen LogP contribution in [-0.2, 0) is 18.4 Å². The summed E-state index contributed by atoms with van der Waals surface area (Å²) in [6, 6.07) is 5.81. The number of nitrogens with one attached hydrogen (secondary N) is 2. The number of aromatic nitrogens is 1. The molecule has 33 heavy (non-hydrogen) atoms. The number of carbonyl (C=O) groups is 2. The summed E-state index contributed by atoms with van der Waals surface area (Å²) in [6.07, 6.45) is 0. The first-order valence-corrected chi connectivity index (χ1v) is 12.2. The Morgan fingerprint density at radius 1 is 1.15 bits per heavy atom. The van der Waals surface area contributed by atoms with Crippen molar-refractivity contribution in [3.05, 3.63) is 45.2 Å². The molecule has 0 aliphatic carbocycles. The number of amides is 3. The Hall–Kier alpha value is -2.36. The second-order valence-electron chi connectivity index (χ2n) is 9.30. The fourth-order valence-electron chi connectivity index (χ4n) is 3.77. The summed E-state index contributed by atoms with van der Waals surface area (Å²) in [5, 5.41) is 8.40. The molecule has 0 unspecified atom stereocenters. The van der Waals surface area contributed by atoms with Crippen molar-refractivity contribution in [2.45, 2.75) is 33.4 Å². The SMILES string of the molecule is CN=c1scc(CN2CCN(C(=O)[C@H](NC(=O)Nc3ccc(Cl)cc3)C(C)(C)C)CC2)n1C. The smallest absolute Gasteiger partial charge is 0.319 e. The minimum absolute atomic E-state index is 0.0541. The van der Waals surface area contributed by atoms with Gasteiger partial charge in [0.15, 0.2) is 4.80 Å². The van der Waals surface area contributed by atoms with Crippen molar-refractivity contribution < 1.29 is 9.59 Å². The summed E-state index contributed by atoms with van der Waals surface area (Å²) < 4.78 is 2.11. The van der Waals surface area contributed by atoms with E-state index in [1.807, 2.05) is 32.7 Å². The second kappa shape index (κ2) is 10.7. The lowest BCUT2D eigenvalue weighted by Gasteiger charge is -2.39. The third-order valence-corrected chi connectivity index (χ3v) is 7.08. The largest absolute Gasteiger partial charge is 0.338 e. The average Bonchev–Trinajstić information content (AvgIpc) is 3.12. The van der Waals surface area contributed by atoms with E-state index in [-0.39, 0.29) is 5.91 Å². The standard InChI is InChI=1S/C23H33ClN6O2S/c1-23(2,3)19(27-21(32)26-17-8-6-16(24)7-9-17)20(31)30-12-10-29(11-13-30)14-18-15-33-22(25-4)28(18)5/h6-9,15,19H,10-14H2,1-5H3,(H2,26,27,32)/t19-/m0/s1. The molecule has 0 bridgehead atoms. The van der Waals surface area contributed by atoms with Gasteiger partial charge in [-0.15, -0.1) is 11.3 Å². The topological polar surface area (TPSA) is 82.0 Å². The molecule has 0 radical (unpaired) electrons. The first-order chi connectivity index (χ1) is 15.6. The van der Waals surface area contributed by atoms with Crippen LogP contribution in [-0.4, -0.2) is 65.6 Å². The normalized spacial score (nSPS) is 16.5. The summed E-state index contributed by atoms with van der Waals surface area (Å²) in [5.41, 5.74) is 1.40. The Balaban J connectivity index is 1.59. The quantitative estimate of drug-likeness (QED) is 0.672. The Kier molecular flexibility index (Phi) is 8.20. The van der Waals surface area contributed by atoms with E-state index in [2.05, 4.69) is 30.5 Å². The van der Waals surface area contributed by atoms with Crippen molar-refractivity contribution in [3.63, 3.8) is 0 Å². The van der Waals surface area contributed by atoms with Crippen LogP contribution in [0.1, 0.15) is 26.5 Å². The monoisotopic (exact) mass is 492 g/mol. The van der Waals surface area contributed by atoms with E-state index >= 15 is 0 Å². The van der Waals surface area contributed by atoms with Crippen LogP contribution in [0.3, 0.4) is 0 Å². The molecule has 1 aliphatic heterocycles. The molecule has 180 valence electrons. The van der Waals surface area contributed by atoms with Crippen molar-refractivity contribution in [3.8, 4) is 0 Å². The molecule has 2 N–H and O–H groups in total. The predicted octanol–water partition coefficient (Wildman–Crippen LogP) is 3.15. The molecule has 2 heterocycles. The number of halogens is 1. The maximum atomic E-state index is 13.4. The molecular formula is C23H33ClN6O2S. The van der Waals surface area contributed by atoms with E-state index < -0.39 is 17.5 Å². The van der Waals surface area contributed by atoms with Gasteiger partial charge in [0.1, 0.15) is 6.04 Å². The van der Waals surface area contributed by atoms with E-state index in [4.69, 9.17) is 11.6 Å². The van der Waals surface area contributed by atoms with Crippen LogP contribution in [0, 0.1) is 5.41 Å². The number of rotatable bonds is 5. The molecule has 8 nitrogen and oxygen atoms in total. The number of anilines is 1. The molecule has 1 aromatic carbocycles. The summed E-state index contributed by atoms with van der Waals surface area (Å²) in [4.78, 5) is 35.5. The Morgan fingerprint density at radius 2 is 1.79 bits per heavy atom. The van der Waals surface area contributed by atoms with E-state index in [9.17, 15) is 9.59 Å². The summed E-state index contributed by atoms with van der Waals surface area (Å²) >= 11 is 7.54. The van der Waals surface area contributed by atoms with Crippen LogP contribution in [0.2, 0.25) is 5.02 Å². The number of thiazole rings is 1. The predicted molar refractivity (Wildman–Crippen MR) is 133 cm³/mol. The molecule has 0 saturated carbocycles. The zero-order valence-electron chi connectivity index (χ0n) is 19.9. The molecule has 2 aromatic rings. The zero-order valence-corrected chi connectivity index (χ0v) is 21.5. The lowest BCUT2D eigenvalue weighted by atomic mass is 9.85. The summed E-state index contributed by atoms with van der Waals surface area (Å²) in [7, 11) is 3.83. The number of carbonyl (C=O) groups excluding carboxylic acids is 2. The van der Waals surface area contributed by atoms with E-state index in [1.165, 1.54) is 5.69 Å². The molecule has 3 amide bonds. The molecule has 1 saturated heterocycles. The molecule has 3 rings (SSSR count). The highest BCUT2D eigenvalue weighted by Gasteiger charge is 2.36. The molecule has 0 spiro atoms. The van der Waals surface area contributed by atoms with Crippen LogP contribution in [0.5, 0.6) is 0 Å². The van der Waals surface area contributed by atoms with Gasteiger partial charge < -0.3 is 20.1 Å². The minimum atomic E-state index is -0.639. The van der Waals surface area contributed by atoms with Gasteiger partial charge in [0, 0.05) is 68.6 Å². The molecule has 1 aromatic heterocycles. The minimum Gasteiger partial charge on any atom is -0.338 e. The van der Waals surface area contributed by atoms with Gasteiger partial charge >= 0.3 is 6.03 Å². The average molecular weight is 493 g/mol. The fraction of sp³-hybridized carbons (Fsp3) is 0.522. The van der Waals surface area contributed by atoms with Crippen LogP contribution in [0.15, 0.2) is 34.6 Å². The highest BCUT2D eigenvalue weighted by atomic mass is 35.5. The number of urea groups is 1. The van der Waals surface area contributed by atoms with Gasteiger partial charge in [0.25, 0.3) is 0 Å².